The van der Waals surface area contributed by atoms with Crippen LogP contribution in [0.25, 0.3) is 0 Å². The molecular weight excluding hydrogens is 459 g/mol. The molecule has 1 saturated heterocycles. The van der Waals surface area contributed by atoms with Gasteiger partial charge in [0.1, 0.15) is 0 Å². The van der Waals surface area contributed by atoms with E-state index in [1.807, 2.05) is 11.8 Å². The van der Waals surface area contributed by atoms with Crippen molar-refractivity contribution in [2.24, 2.45) is 4.99 Å². The first-order valence-corrected chi connectivity index (χ1v) is 10.1. The van der Waals surface area contributed by atoms with Crippen molar-refractivity contribution in [3.05, 3.63) is 30.3 Å². The number of halogens is 1. The Morgan fingerprint density at radius 1 is 1.19 bits per heavy atom. The molecular formula is C19H33IN4OS. The minimum Gasteiger partial charge on any atom is -0.381 e. The number of guanidine groups is 1. The van der Waals surface area contributed by atoms with E-state index in [1.165, 1.54) is 4.90 Å². The summed E-state index contributed by atoms with van der Waals surface area (Å²) < 4.78 is 5.54. The summed E-state index contributed by atoms with van der Waals surface area (Å²) in [6, 6.07) is 10.5. The number of nitrogens with one attached hydrogen (secondary N) is 2. The zero-order chi connectivity index (χ0) is 18.0. The summed E-state index contributed by atoms with van der Waals surface area (Å²) in [7, 11) is 4.30. The second-order valence-electron chi connectivity index (χ2n) is 6.51. The number of thioether (sulfide) groups is 1. The summed E-state index contributed by atoms with van der Waals surface area (Å²) in [6.45, 7) is 6.31. The number of likely N-dealkylation sites (N-methyl/N-ethyl adjacent to an activating group) is 1. The van der Waals surface area contributed by atoms with Gasteiger partial charge >= 0.3 is 0 Å². The first kappa shape index (κ1) is 23.5. The second kappa shape index (κ2) is 12.8. The molecule has 0 amide bonds. The van der Waals surface area contributed by atoms with E-state index < -0.39 is 0 Å². The van der Waals surface area contributed by atoms with E-state index in [1.54, 1.807) is 0 Å². The van der Waals surface area contributed by atoms with Crippen LogP contribution in [-0.4, -0.2) is 69.1 Å². The third kappa shape index (κ3) is 7.62. The van der Waals surface area contributed by atoms with Crippen molar-refractivity contribution in [2.75, 3.05) is 52.7 Å². The number of benzene rings is 1. The Labute approximate surface area is 179 Å². The van der Waals surface area contributed by atoms with E-state index in [0.717, 1.165) is 57.4 Å². The maximum Gasteiger partial charge on any atom is 0.191 e. The molecule has 5 nitrogen and oxygen atoms in total. The molecule has 1 aromatic carbocycles. The summed E-state index contributed by atoms with van der Waals surface area (Å²) >= 11 is 1.86. The van der Waals surface area contributed by atoms with Crippen LogP contribution in [0.2, 0.25) is 0 Å². The molecule has 2 rings (SSSR count). The summed E-state index contributed by atoms with van der Waals surface area (Å²) in [5, 5.41) is 6.81. The SMILES string of the molecule is CCNC(=NCC1(N(C)C)CCOCC1)NCCSc1ccccc1.I. The van der Waals surface area contributed by atoms with Crippen LogP contribution in [-0.2, 0) is 4.74 Å². The fourth-order valence-electron chi connectivity index (χ4n) is 2.92. The summed E-state index contributed by atoms with van der Waals surface area (Å²) in [5.41, 5.74) is 0.111. The molecule has 0 bridgehead atoms. The third-order valence-corrected chi connectivity index (χ3v) is 5.67. The number of rotatable bonds is 8. The zero-order valence-electron chi connectivity index (χ0n) is 16.2. The molecule has 1 aliphatic heterocycles. The van der Waals surface area contributed by atoms with E-state index in [4.69, 9.17) is 9.73 Å². The van der Waals surface area contributed by atoms with E-state index in [-0.39, 0.29) is 29.5 Å². The predicted octanol–water partition coefficient (Wildman–Crippen LogP) is 3.06. The lowest BCUT2D eigenvalue weighted by Gasteiger charge is -2.41. The highest BCUT2D eigenvalue weighted by Crippen LogP contribution is 2.26. The summed E-state index contributed by atoms with van der Waals surface area (Å²) in [4.78, 5) is 8.48. The number of hydrogen-bond acceptors (Lipinski definition) is 4. The van der Waals surface area contributed by atoms with E-state index in [9.17, 15) is 0 Å². The third-order valence-electron chi connectivity index (χ3n) is 4.65. The van der Waals surface area contributed by atoms with Crippen molar-refractivity contribution >= 4 is 41.7 Å². The van der Waals surface area contributed by atoms with Gasteiger partial charge < -0.3 is 20.3 Å². The molecule has 2 N–H and O–H groups in total. The van der Waals surface area contributed by atoms with Gasteiger partial charge in [0.15, 0.2) is 5.96 Å². The van der Waals surface area contributed by atoms with Crippen molar-refractivity contribution < 1.29 is 4.74 Å². The molecule has 1 heterocycles. The first-order chi connectivity index (χ1) is 12.2. The number of ether oxygens (including phenoxy) is 1. The number of hydrogen-bond donors (Lipinski definition) is 2. The van der Waals surface area contributed by atoms with Crippen LogP contribution in [0.1, 0.15) is 19.8 Å². The predicted molar refractivity (Wildman–Crippen MR) is 123 cm³/mol. The van der Waals surface area contributed by atoms with Crippen LogP contribution in [0.3, 0.4) is 0 Å². The topological polar surface area (TPSA) is 48.9 Å². The molecule has 0 aromatic heterocycles. The fourth-order valence-corrected chi connectivity index (χ4v) is 3.71. The maximum atomic E-state index is 5.54. The number of nitrogens with zero attached hydrogens (tertiary/aromatic N) is 2. The second-order valence-corrected chi connectivity index (χ2v) is 7.68. The van der Waals surface area contributed by atoms with Gasteiger partial charge in [0, 0.05) is 42.5 Å². The van der Waals surface area contributed by atoms with Gasteiger partial charge in [-0.3, -0.25) is 4.99 Å². The number of aliphatic imine (C=N–C) groups is 1. The minimum absolute atomic E-state index is 0. The largest absolute Gasteiger partial charge is 0.381 e. The van der Waals surface area contributed by atoms with Gasteiger partial charge in [-0.2, -0.15) is 0 Å². The highest BCUT2D eigenvalue weighted by atomic mass is 127. The lowest BCUT2D eigenvalue weighted by molar-refractivity contribution is -0.00254. The molecule has 0 spiro atoms. The van der Waals surface area contributed by atoms with E-state index in [0.29, 0.717) is 0 Å². The van der Waals surface area contributed by atoms with Crippen LogP contribution < -0.4 is 10.6 Å². The van der Waals surface area contributed by atoms with Gasteiger partial charge in [0.05, 0.1) is 6.54 Å². The fraction of sp³-hybridized carbons (Fsp3) is 0.632. The normalized spacial score (nSPS) is 16.8. The average Bonchev–Trinajstić information content (AvgIpc) is 2.64. The Morgan fingerprint density at radius 2 is 1.88 bits per heavy atom. The standard InChI is InChI=1S/C19H32N4OS.HI/c1-4-20-18(21-12-15-25-17-8-6-5-7-9-17)22-16-19(23(2)3)10-13-24-14-11-19;/h5-9H,4,10-16H2,1-3H3,(H2,20,21,22);1H. The molecule has 0 unspecified atom stereocenters. The Morgan fingerprint density at radius 3 is 2.50 bits per heavy atom. The summed E-state index contributed by atoms with van der Waals surface area (Å²) in [6.07, 6.45) is 2.07. The molecule has 1 aromatic rings. The van der Waals surface area contributed by atoms with E-state index in [2.05, 4.69) is 66.9 Å². The summed E-state index contributed by atoms with van der Waals surface area (Å²) in [5.74, 6) is 1.92. The molecule has 0 atom stereocenters. The zero-order valence-corrected chi connectivity index (χ0v) is 19.3. The Kier molecular flexibility index (Phi) is 11.6. The van der Waals surface area contributed by atoms with Gasteiger partial charge in [0.2, 0.25) is 0 Å². The quantitative estimate of drug-likeness (QED) is 0.192. The van der Waals surface area contributed by atoms with Crippen molar-refractivity contribution in [3.63, 3.8) is 0 Å². The van der Waals surface area contributed by atoms with Gasteiger partial charge in [-0.05, 0) is 46.0 Å². The van der Waals surface area contributed by atoms with Crippen molar-refractivity contribution in [1.29, 1.82) is 0 Å². The maximum absolute atomic E-state index is 5.54. The molecule has 7 heteroatoms. The first-order valence-electron chi connectivity index (χ1n) is 9.11. The molecule has 0 saturated carbocycles. The highest BCUT2D eigenvalue weighted by molar-refractivity contribution is 14.0. The van der Waals surface area contributed by atoms with Gasteiger partial charge in [0.25, 0.3) is 0 Å². The van der Waals surface area contributed by atoms with Crippen LogP contribution in [0.15, 0.2) is 40.2 Å². The van der Waals surface area contributed by atoms with Crippen LogP contribution >= 0.6 is 35.7 Å². The van der Waals surface area contributed by atoms with Crippen molar-refractivity contribution in [3.8, 4) is 0 Å². The Hall–Kier alpha value is -0.510. The van der Waals surface area contributed by atoms with Crippen LogP contribution in [0.4, 0.5) is 0 Å². The molecule has 0 aliphatic carbocycles. The lowest BCUT2D eigenvalue weighted by Crippen LogP contribution is -2.51. The molecule has 0 radical (unpaired) electrons. The average molecular weight is 492 g/mol. The van der Waals surface area contributed by atoms with Gasteiger partial charge in [-0.15, -0.1) is 35.7 Å². The lowest BCUT2D eigenvalue weighted by atomic mass is 9.89. The monoisotopic (exact) mass is 492 g/mol. The smallest absolute Gasteiger partial charge is 0.191 e. The van der Waals surface area contributed by atoms with Crippen molar-refractivity contribution in [1.82, 2.24) is 15.5 Å². The molecule has 1 fully saturated rings. The Balaban J connectivity index is 0.00000338. The Bertz CT molecular complexity index is 522. The van der Waals surface area contributed by atoms with Crippen LogP contribution in [0, 0.1) is 0 Å². The van der Waals surface area contributed by atoms with Gasteiger partial charge in [-0.1, -0.05) is 18.2 Å². The molecule has 148 valence electrons. The van der Waals surface area contributed by atoms with Gasteiger partial charge in [-0.25, -0.2) is 0 Å². The minimum atomic E-state index is 0. The highest BCUT2D eigenvalue weighted by Gasteiger charge is 2.34. The van der Waals surface area contributed by atoms with Crippen LogP contribution in [0.5, 0.6) is 0 Å². The van der Waals surface area contributed by atoms with E-state index >= 15 is 0 Å². The molecule has 1 aliphatic rings. The molecule has 26 heavy (non-hydrogen) atoms. The van der Waals surface area contributed by atoms with Crippen molar-refractivity contribution in [2.45, 2.75) is 30.2 Å².